The van der Waals surface area contributed by atoms with E-state index < -0.39 is 46.5 Å². The smallest absolute Gasteiger partial charge is 0.297 e. The number of benzene rings is 3. The first-order valence-electron chi connectivity index (χ1n) is 22.2. The second-order valence-corrected chi connectivity index (χ2v) is 35.4. The third-order valence-electron chi connectivity index (χ3n) is 11.7. The summed E-state index contributed by atoms with van der Waals surface area (Å²) in [5.41, 5.74) is 0.0840. The van der Waals surface area contributed by atoms with Crippen molar-refractivity contribution in [3.63, 3.8) is 0 Å². The average molecular weight is 909 g/mol. The molecule has 1 fully saturated rings. The number of hydrogen-bond donors (Lipinski definition) is 1. The molecule has 1 aliphatic heterocycles. The van der Waals surface area contributed by atoms with E-state index in [2.05, 4.69) is 146 Å². The molecule has 1 saturated heterocycles. The van der Waals surface area contributed by atoms with Gasteiger partial charge in [0, 0.05) is 24.9 Å². The third kappa shape index (κ3) is 14.0. The van der Waals surface area contributed by atoms with Gasteiger partial charge in [-0.2, -0.15) is 8.42 Å². The van der Waals surface area contributed by atoms with Gasteiger partial charge in [-0.1, -0.05) is 126 Å². The quantitative estimate of drug-likeness (QED) is 0.0721. The second kappa shape index (κ2) is 20.6. The Balaban J connectivity index is 1.55. The van der Waals surface area contributed by atoms with Gasteiger partial charge < -0.3 is 23.1 Å². The number of ether oxygens (including phenoxy) is 1. The molecule has 3 aromatic carbocycles. The van der Waals surface area contributed by atoms with Gasteiger partial charge in [-0.3, -0.25) is 4.18 Å². The van der Waals surface area contributed by atoms with Crippen LogP contribution in [0.3, 0.4) is 0 Å². The third-order valence-corrected chi connectivity index (χ3v) is 20.1. The molecule has 8 nitrogen and oxygen atoms in total. The molecule has 0 saturated carbocycles. The predicted octanol–water partition coefficient (Wildman–Crippen LogP) is 10.1. The van der Waals surface area contributed by atoms with Crippen molar-refractivity contribution < 1.29 is 35.7 Å². The molecular weight excluding hydrogens is 833 g/mol. The first-order chi connectivity index (χ1) is 28.2. The summed E-state index contributed by atoms with van der Waals surface area (Å²) in [5.74, 6) is 4.89. The van der Waals surface area contributed by atoms with Gasteiger partial charge in [0.15, 0.2) is 16.6 Å². The van der Waals surface area contributed by atoms with Crippen molar-refractivity contribution in [2.45, 2.75) is 160 Å². The van der Waals surface area contributed by atoms with E-state index >= 15 is 0 Å². The highest BCUT2D eigenvalue weighted by Crippen LogP contribution is 2.41. The molecule has 4 rings (SSSR count). The molecule has 1 unspecified atom stereocenters. The van der Waals surface area contributed by atoms with Crippen molar-refractivity contribution in [1.82, 2.24) is 0 Å². The number of rotatable bonds is 19. The first kappa shape index (κ1) is 51.2. The van der Waals surface area contributed by atoms with E-state index in [1.807, 2.05) is 20.8 Å². The summed E-state index contributed by atoms with van der Waals surface area (Å²) in [6, 6.07) is 28.0. The van der Waals surface area contributed by atoms with Crippen molar-refractivity contribution in [2.24, 2.45) is 17.8 Å². The van der Waals surface area contributed by atoms with E-state index in [-0.39, 0.29) is 46.5 Å². The first-order valence-corrected chi connectivity index (χ1v) is 32.4. The van der Waals surface area contributed by atoms with Crippen LogP contribution in [0.1, 0.15) is 86.1 Å². The van der Waals surface area contributed by atoms with Crippen molar-refractivity contribution in [2.75, 3.05) is 13.2 Å². The van der Waals surface area contributed by atoms with Gasteiger partial charge in [0.05, 0.1) is 29.3 Å². The van der Waals surface area contributed by atoms with Gasteiger partial charge in [0.25, 0.3) is 18.4 Å². The average Bonchev–Trinajstić information content (AvgIpc) is 3.16. The van der Waals surface area contributed by atoms with Crippen molar-refractivity contribution >= 4 is 45.4 Å². The van der Waals surface area contributed by atoms with E-state index in [1.165, 1.54) is 10.4 Å². The zero-order valence-electron chi connectivity index (χ0n) is 39.6. The van der Waals surface area contributed by atoms with E-state index in [0.717, 1.165) is 18.4 Å². The summed E-state index contributed by atoms with van der Waals surface area (Å²) in [5, 5.41) is 14.5. The number of aliphatic hydroxyl groups is 1. The molecule has 0 amide bonds. The maximum atomic E-state index is 13.2. The predicted molar refractivity (Wildman–Crippen MR) is 257 cm³/mol. The Morgan fingerprint density at radius 1 is 0.869 bits per heavy atom. The van der Waals surface area contributed by atoms with E-state index in [9.17, 15) is 13.5 Å². The van der Waals surface area contributed by atoms with Crippen LogP contribution in [0.5, 0.6) is 0 Å². The van der Waals surface area contributed by atoms with Crippen molar-refractivity contribution in [1.29, 1.82) is 0 Å². The minimum Gasteiger partial charge on any atom is -0.414 e. The Labute approximate surface area is 373 Å². The molecule has 0 radical (unpaired) electrons. The minimum atomic E-state index is -3.99. The fourth-order valence-corrected chi connectivity index (χ4v) is 17.2. The van der Waals surface area contributed by atoms with Gasteiger partial charge in [-0.15, -0.1) is 0 Å². The Bertz CT molecular complexity index is 1960. The highest BCUT2D eigenvalue weighted by atomic mass is 32.2. The lowest BCUT2D eigenvalue weighted by Gasteiger charge is -2.47. The molecule has 0 aromatic heterocycles. The molecule has 0 aliphatic carbocycles. The second-order valence-electron chi connectivity index (χ2n) is 20.6. The van der Waals surface area contributed by atoms with Gasteiger partial charge in [-0.05, 0) is 118 Å². The number of aryl methyl sites for hydroxylation is 1. The fourth-order valence-electron chi connectivity index (χ4n) is 8.77. The topological polar surface area (TPSA) is 101 Å². The largest absolute Gasteiger partial charge is 0.414 e. The standard InChI is InChI=1S/C49H76O8SSi3/c1-15-41(36-54-61(47(5,6)7,44-24-18-16-19-25-44)45-26-20-17-21-27-45)46-39(3)35-40(4)49(50,55-46)33-22-23-42(56-59(9,10)11)32-34-48(8,57-60(12,13)14)37-53-58(51,52)43-30-28-38(2)29-31-43/h16-21,24-31,39-42,46,50H,15,23,32,34-37H2,1-14H3/t39-,40+,41-,42-,46-,48-,49?/m0/s1. The summed E-state index contributed by atoms with van der Waals surface area (Å²) in [6.07, 6.45) is 2.51. The van der Waals surface area contributed by atoms with Gasteiger partial charge in [-0.25, -0.2) is 0 Å². The minimum absolute atomic E-state index is 0.0292. The molecule has 0 bridgehead atoms. The van der Waals surface area contributed by atoms with Gasteiger partial charge >= 0.3 is 0 Å². The molecule has 1 N–H and O–H groups in total. The molecule has 61 heavy (non-hydrogen) atoms. The van der Waals surface area contributed by atoms with E-state index in [4.69, 9.17) is 22.2 Å². The Morgan fingerprint density at radius 2 is 1.43 bits per heavy atom. The summed E-state index contributed by atoms with van der Waals surface area (Å²) >= 11 is 0. The Morgan fingerprint density at radius 3 is 1.92 bits per heavy atom. The van der Waals surface area contributed by atoms with E-state index in [0.29, 0.717) is 25.9 Å². The van der Waals surface area contributed by atoms with Crippen LogP contribution in [-0.2, 0) is 32.3 Å². The summed E-state index contributed by atoms with van der Waals surface area (Å²) in [6.45, 7) is 30.2. The molecule has 3 aromatic rings. The number of hydrogen-bond acceptors (Lipinski definition) is 8. The molecule has 7 atom stereocenters. The van der Waals surface area contributed by atoms with Crippen LogP contribution in [0.4, 0.5) is 0 Å². The van der Waals surface area contributed by atoms with Crippen LogP contribution >= 0.6 is 0 Å². The highest BCUT2D eigenvalue weighted by Gasteiger charge is 2.52. The molecule has 12 heteroatoms. The highest BCUT2D eigenvalue weighted by molar-refractivity contribution is 7.86. The SMILES string of the molecule is CC[C@@H](CO[Si](c1ccccc1)(c1ccccc1)C(C)(C)C)[C@H]1OC(O)(C#CC[C@@H](CC[C@@](C)(COS(=O)(=O)c2ccc(C)cc2)O[Si](C)(C)C)O[Si](C)(C)C)[C@H](C)C[C@@H]1C. The zero-order valence-corrected chi connectivity index (χ0v) is 43.4. The summed E-state index contributed by atoms with van der Waals surface area (Å²) < 4.78 is 59.7. The van der Waals surface area contributed by atoms with E-state index in [1.54, 1.807) is 24.3 Å². The summed E-state index contributed by atoms with van der Waals surface area (Å²) in [4.78, 5) is 0.120. The zero-order chi connectivity index (χ0) is 45.5. The van der Waals surface area contributed by atoms with Crippen LogP contribution in [0.15, 0.2) is 89.8 Å². The normalized spacial score (nSPS) is 22.4. The molecular formula is C49H76O8SSi3. The maximum Gasteiger partial charge on any atom is 0.297 e. The monoisotopic (exact) mass is 908 g/mol. The van der Waals surface area contributed by atoms with Crippen LogP contribution in [0, 0.1) is 36.5 Å². The Kier molecular flexibility index (Phi) is 17.3. The van der Waals surface area contributed by atoms with Crippen LogP contribution in [-0.4, -0.2) is 75.3 Å². The lowest BCUT2D eigenvalue weighted by atomic mass is 9.79. The van der Waals surface area contributed by atoms with Crippen LogP contribution < -0.4 is 10.4 Å². The lowest BCUT2D eigenvalue weighted by Crippen LogP contribution is -2.67. The van der Waals surface area contributed by atoms with Crippen LogP contribution in [0.2, 0.25) is 44.3 Å². The summed E-state index contributed by atoms with van der Waals surface area (Å²) in [7, 11) is -11.0. The maximum absolute atomic E-state index is 13.2. The fraction of sp³-hybridized carbons (Fsp3) is 0.592. The molecule has 1 aliphatic rings. The Hall–Kier alpha value is -2.42. The van der Waals surface area contributed by atoms with Gasteiger partial charge in [0.1, 0.15) is 0 Å². The molecule has 338 valence electrons. The molecule has 1 heterocycles. The van der Waals surface area contributed by atoms with Crippen molar-refractivity contribution in [3.05, 3.63) is 90.5 Å². The van der Waals surface area contributed by atoms with Gasteiger partial charge in [0.2, 0.25) is 5.79 Å². The molecule has 0 spiro atoms. The lowest BCUT2D eigenvalue weighted by molar-refractivity contribution is -0.269. The van der Waals surface area contributed by atoms with Crippen molar-refractivity contribution in [3.8, 4) is 11.8 Å². The van der Waals surface area contributed by atoms with Crippen LogP contribution in [0.25, 0.3) is 0 Å².